The third kappa shape index (κ3) is 2.63. The van der Waals surface area contributed by atoms with E-state index in [0.717, 1.165) is 16.8 Å². The molecule has 106 valence electrons. The maximum absolute atomic E-state index is 12.3. The molecule has 21 heavy (non-hydrogen) atoms. The van der Waals surface area contributed by atoms with Gasteiger partial charge in [0.2, 0.25) is 12.3 Å². The van der Waals surface area contributed by atoms with Crippen LogP contribution >= 0.6 is 0 Å². The number of aromatic nitrogens is 3. The zero-order valence-electron chi connectivity index (χ0n) is 12.0. The van der Waals surface area contributed by atoms with E-state index in [4.69, 9.17) is 4.74 Å². The monoisotopic (exact) mass is 282 g/mol. The molecule has 0 radical (unpaired) electrons. The Morgan fingerprint density at radius 1 is 1.29 bits per heavy atom. The van der Waals surface area contributed by atoms with Crippen molar-refractivity contribution in [1.82, 2.24) is 9.55 Å². The predicted molar refractivity (Wildman–Crippen MR) is 78.2 cm³/mol. The van der Waals surface area contributed by atoms with Crippen LogP contribution < -0.4 is 9.30 Å². The number of carbonyl (C=O) groups is 1. The fourth-order valence-corrected chi connectivity index (χ4v) is 2.26. The number of aryl methyl sites for hydroxylation is 1. The van der Waals surface area contributed by atoms with Crippen LogP contribution in [-0.2, 0) is 13.6 Å². The number of ketones is 1. The molecule has 0 bridgehead atoms. The van der Waals surface area contributed by atoms with Crippen molar-refractivity contribution >= 4 is 16.8 Å². The van der Waals surface area contributed by atoms with Crippen LogP contribution in [-0.4, -0.2) is 22.4 Å². The maximum atomic E-state index is 12.3. The molecule has 5 nitrogen and oxygen atoms in total. The first-order valence-corrected chi connectivity index (χ1v) is 6.65. The summed E-state index contributed by atoms with van der Waals surface area (Å²) in [5.41, 5.74) is 2.59. The van der Waals surface area contributed by atoms with E-state index in [1.807, 2.05) is 34.6 Å². The van der Waals surface area contributed by atoms with E-state index in [1.165, 1.54) is 0 Å². The molecule has 0 fully saturated rings. The minimum Gasteiger partial charge on any atom is -0.497 e. The van der Waals surface area contributed by atoms with Crippen LogP contribution in [0.1, 0.15) is 10.4 Å². The van der Waals surface area contributed by atoms with Crippen LogP contribution in [0.25, 0.3) is 11.0 Å². The quantitative estimate of drug-likeness (QED) is 0.541. The summed E-state index contributed by atoms with van der Waals surface area (Å²) >= 11 is 0. The predicted octanol–water partition coefficient (Wildman–Crippen LogP) is 1.75. The Morgan fingerprint density at radius 2 is 2.05 bits per heavy atom. The fraction of sp³-hybridized carbons (Fsp3) is 0.188. The van der Waals surface area contributed by atoms with Crippen LogP contribution in [0.5, 0.6) is 5.75 Å². The van der Waals surface area contributed by atoms with Gasteiger partial charge < -0.3 is 9.30 Å². The molecule has 1 aromatic carbocycles. The van der Waals surface area contributed by atoms with Gasteiger partial charge in [-0.15, -0.1) is 0 Å². The highest BCUT2D eigenvalue weighted by molar-refractivity contribution is 5.95. The Morgan fingerprint density at radius 3 is 2.76 bits per heavy atom. The van der Waals surface area contributed by atoms with Gasteiger partial charge in [-0.25, -0.2) is 4.98 Å². The third-order valence-electron chi connectivity index (χ3n) is 3.46. The number of rotatable bonds is 4. The van der Waals surface area contributed by atoms with Crippen molar-refractivity contribution < 1.29 is 14.1 Å². The van der Waals surface area contributed by atoms with Crippen molar-refractivity contribution in [2.24, 2.45) is 7.05 Å². The smallest absolute Gasteiger partial charge is 0.227 e. The molecule has 0 N–H and O–H groups in total. The van der Waals surface area contributed by atoms with Crippen LogP contribution in [0.2, 0.25) is 0 Å². The first-order valence-electron chi connectivity index (χ1n) is 6.65. The van der Waals surface area contributed by atoms with Gasteiger partial charge in [-0.1, -0.05) is 0 Å². The van der Waals surface area contributed by atoms with Gasteiger partial charge in [-0.2, -0.15) is 4.57 Å². The highest BCUT2D eigenvalue weighted by Gasteiger charge is 2.14. The van der Waals surface area contributed by atoms with Crippen molar-refractivity contribution in [2.75, 3.05) is 7.11 Å². The number of pyridine rings is 1. The summed E-state index contributed by atoms with van der Waals surface area (Å²) in [6.45, 7) is 0.291. The van der Waals surface area contributed by atoms with Gasteiger partial charge >= 0.3 is 0 Å². The van der Waals surface area contributed by atoms with Gasteiger partial charge in [-0.3, -0.25) is 4.79 Å². The third-order valence-corrected chi connectivity index (χ3v) is 3.46. The van der Waals surface area contributed by atoms with E-state index in [0.29, 0.717) is 12.1 Å². The maximum Gasteiger partial charge on any atom is 0.227 e. The minimum atomic E-state index is 0.0536. The number of hydrogen-bond acceptors (Lipinski definition) is 3. The van der Waals surface area contributed by atoms with Crippen molar-refractivity contribution in [3.05, 3.63) is 54.6 Å². The number of fused-ring (bicyclic) bond motifs is 1. The number of hydrogen-bond donors (Lipinski definition) is 0. The standard InChI is InChI=1S/C16H16N3O2/c1-18-11-17-14-9-19(8-7-15(14)18)10-16(20)12-3-5-13(21-2)6-4-12/h3-9,11H,10H2,1-2H3/q+1. The summed E-state index contributed by atoms with van der Waals surface area (Å²) in [6, 6.07) is 9.10. The summed E-state index contributed by atoms with van der Waals surface area (Å²) in [5.74, 6) is 0.798. The Kier molecular flexibility index (Phi) is 3.39. The van der Waals surface area contributed by atoms with Crippen molar-refractivity contribution in [3.8, 4) is 5.75 Å². The second-order valence-corrected chi connectivity index (χ2v) is 4.89. The highest BCUT2D eigenvalue weighted by atomic mass is 16.5. The molecule has 2 heterocycles. The first kappa shape index (κ1) is 13.3. The number of methoxy groups -OCH3 is 1. The molecule has 0 unspecified atom stereocenters. The molecule has 0 saturated heterocycles. The molecule has 3 rings (SSSR count). The SMILES string of the molecule is COc1ccc(C(=O)C[n+]2ccc3c(c2)ncn3C)cc1. The molecule has 3 aromatic rings. The summed E-state index contributed by atoms with van der Waals surface area (Å²) in [7, 11) is 3.55. The molecule has 2 aromatic heterocycles. The lowest BCUT2D eigenvalue weighted by Crippen LogP contribution is -2.37. The number of benzene rings is 1. The van der Waals surface area contributed by atoms with E-state index in [1.54, 1.807) is 37.7 Å². The van der Waals surface area contributed by atoms with Gasteiger partial charge in [0.1, 0.15) is 5.75 Å². The average Bonchev–Trinajstić information content (AvgIpc) is 2.88. The Balaban J connectivity index is 1.81. The number of nitrogens with zero attached hydrogens (tertiary/aromatic N) is 3. The molecular weight excluding hydrogens is 266 g/mol. The number of Topliss-reactive ketones (excluding diaryl/α,β-unsaturated/α-hetero) is 1. The van der Waals surface area contributed by atoms with E-state index < -0.39 is 0 Å². The van der Waals surface area contributed by atoms with Crippen molar-refractivity contribution in [3.63, 3.8) is 0 Å². The van der Waals surface area contributed by atoms with Gasteiger partial charge in [0.25, 0.3) is 0 Å². The van der Waals surface area contributed by atoms with E-state index in [2.05, 4.69) is 4.98 Å². The summed E-state index contributed by atoms with van der Waals surface area (Å²) in [4.78, 5) is 16.6. The highest BCUT2D eigenvalue weighted by Crippen LogP contribution is 2.12. The minimum absolute atomic E-state index is 0.0536. The largest absolute Gasteiger partial charge is 0.497 e. The zero-order chi connectivity index (χ0) is 14.8. The Labute approximate surface area is 122 Å². The van der Waals surface area contributed by atoms with Crippen LogP contribution in [0.3, 0.4) is 0 Å². The topological polar surface area (TPSA) is 48.0 Å². The van der Waals surface area contributed by atoms with E-state index >= 15 is 0 Å². The Bertz CT molecular complexity index is 791. The molecule has 0 aliphatic rings. The van der Waals surface area contributed by atoms with Gasteiger partial charge in [-0.05, 0) is 24.3 Å². The fourth-order valence-electron chi connectivity index (χ4n) is 2.26. The zero-order valence-corrected chi connectivity index (χ0v) is 12.0. The normalized spacial score (nSPS) is 10.8. The molecule has 0 aliphatic heterocycles. The lowest BCUT2D eigenvalue weighted by Gasteiger charge is -2.01. The van der Waals surface area contributed by atoms with Gasteiger partial charge in [0, 0.05) is 18.7 Å². The summed E-state index contributed by atoms with van der Waals surface area (Å²) < 4.78 is 8.89. The second kappa shape index (κ2) is 5.36. The molecule has 0 saturated carbocycles. The van der Waals surface area contributed by atoms with Crippen LogP contribution in [0.15, 0.2) is 49.1 Å². The lowest BCUT2D eigenvalue weighted by atomic mass is 10.1. The summed E-state index contributed by atoms with van der Waals surface area (Å²) in [6.07, 6.45) is 5.54. The van der Waals surface area contributed by atoms with Crippen molar-refractivity contribution in [1.29, 1.82) is 0 Å². The van der Waals surface area contributed by atoms with Crippen LogP contribution in [0, 0.1) is 0 Å². The average molecular weight is 282 g/mol. The number of carbonyl (C=O) groups excluding carboxylic acids is 1. The molecule has 0 spiro atoms. The van der Waals surface area contributed by atoms with E-state index in [9.17, 15) is 4.79 Å². The Hall–Kier alpha value is -2.69. The van der Waals surface area contributed by atoms with E-state index in [-0.39, 0.29) is 5.78 Å². The molecule has 0 atom stereocenters. The van der Waals surface area contributed by atoms with Gasteiger partial charge in [0.15, 0.2) is 17.9 Å². The van der Waals surface area contributed by atoms with Gasteiger partial charge in [0.05, 0.1) is 19.0 Å². The second-order valence-electron chi connectivity index (χ2n) is 4.89. The lowest BCUT2D eigenvalue weighted by molar-refractivity contribution is -0.681. The molecule has 5 heteroatoms. The molecule has 0 aliphatic carbocycles. The van der Waals surface area contributed by atoms with Crippen LogP contribution in [0.4, 0.5) is 0 Å². The van der Waals surface area contributed by atoms with Crippen molar-refractivity contribution in [2.45, 2.75) is 6.54 Å². The number of imidazole rings is 1. The first-order chi connectivity index (χ1) is 10.2. The number of ether oxygens (including phenoxy) is 1. The molecular formula is C16H16N3O2+. The molecule has 0 amide bonds. The summed E-state index contributed by atoms with van der Waals surface area (Å²) in [5, 5.41) is 0.